The van der Waals surface area contributed by atoms with Gasteiger partial charge in [0.2, 0.25) is 0 Å². The van der Waals surface area contributed by atoms with Crippen LogP contribution in [0.1, 0.15) is 12.0 Å². The molecule has 0 unspecified atom stereocenters. The summed E-state index contributed by atoms with van der Waals surface area (Å²) in [4.78, 5) is 2.23. The van der Waals surface area contributed by atoms with Crippen LogP contribution in [0.15, 0.2) is 18.2 Å². The Kier molecular flexibility index (Phi) is 5.80. The maximum absolute atomic E-state index is 5.94. The molecule has 0 atom stereocenters. The smallest absolute Gasteiger partial charge is 0.119 e. The third-order valence-corrected chi connectivity index (χ3v) is 2.68. The van der Waals surface area contributed by atoms with Crippen LogP contribution in [0.5, 0.6) is 5.75 Å². The van der Waals surface area contributed by atoms with E-state index in [0.717, 1.165) is 43.1 Å². The number of hydrogen-bond acceptors (Lipinski definition) is 4. The van der Waals surface area contributed by atoms with Crippen molar-refractivity contribution in [3.63, 3.8) is 0 Å². The molecule has 17 heavy (non-hydrogen) atoms. The minimum absolute atomic E-state index is 0.790. The van der Waals surface area contributed by atoms with E-state index in [4.69, 9.17) is 15.2 Å². The largest absolute Gasteiger partial charge is 0.497 e. The fraction of sp³-hybridized carbons (Fsp3) is 0.538. The zero-order chi connectivity index (χ0) is 12.7. The van der Waals surface area contributed by atoms with E-state index in [1.54, 1.807) is 14.2 Å². The van der Waals surface area contributed by atoms with Crippen molar-refractivity contribution in [2.45, 2.75) is 13.0 Å². The summed E-state index contributed by atoms with van der Waals surface area (Å²) in [7, 11) is 5.46. The Balaban J connectivity index is 2.54. The van der Waals surface area contributed by atoms with Gasteiger partial charge in [0, 0.05) is 32.5 Å². The summed E-state index contributed by atoms with van der Waals surface area (Å²) in [6, 6.07) is 5.75. The molecule has 0 amide bonds. The second kappa shape index (κ2) is 7.14. The summed E-state index contributed by atoms with van der Waals surface area (Å²) in [6.45, 7) is 2.61. The summed E-state index contributed by atoms with van der Waals surface area (Å²) >= 11 is 0. The zero-order valence-electron chi connectivity index (χ0n) is 10.9. The van der Waals surface area contributed by atoms with Gasteiger partial charge < -0.3 is 20.1 Å². The number of nitrogens with two attached hydrogens (primary N) is 1. The van der Waals surface area contributed by atoms with Crippen molar-refractivity contribution < 1.29 is 9.47 Å². The maximum Gasteiger partial charge on any atom is 0.119 e. The van der Waals surface area contributed by atoms with Crippen LogP contribution in [-0.2, 0) is 11.3 Å². The van der Waals surface area contributed by atoms with E-state index in [1.165, 1.54) is 0 Å². The Morgan fingerprint density at radius 2 is 2.06 bits per heavy atom. The fourth-order valence-corrected chi connectivity index (χ4v) is 1.69. The van der Waals surface area contributed by atoms with Gasteiger partial charge in [-0.25, -0.2) is 0 Å². The molecule has 0 radical (unpaired) electrons. The number of rotatable bonds is 7. The van der Waals surface area contributed by atoms with Crippen LogP contribution in [0.4, 0.5) is 5.69 Å². The minimum atomic E-state index is 0.790. The molecule has 0 fully saturated rings. The van der Waals surface area contributed by atoms with E-state index in [1.807, 2.05) is 18.2 Å². The predicted octanol–water partition coefficient (Wildman–Crippen LogP) is 1.75. The van der Waals surface area contributed by atoms with Gasteiger partial charge in [0.25, 0.3) is 0 Å². The molecule has 0 aromatic heterocycles. The average molecular weight is 238 g/mol. The van der Waals surface area contributed by atoms with Crippen molar-refractivity contribution >= 4 is 5.69 Å². The normalized spacial score (nSPS) is 10.8. The number of hydrogen-bond donors (Lipinski definition) is 1. The van der Waals surface area contributed by atoms with E-state index in [9.17, 15) is 0 Å². The van der Waals surface area contributed by atoms with E-state index in [2.05, 4.69) is 11.9 Å². The third kappa shape index (κ3) is 4.63. The molecule has 2 N–H and O–H groups in total. The number of nitrogen functional groups attached to an aromatic ring is 1. The Bertz CT molecular complexity index is 342. The first-order valence-corrected chi connectivity index (χ1v) is 5.77. The molecule has 0 aliphatic heterocycles. The summed E-state index contributed by atoms with van der Waals surface area (Å²) in [5.41, 5.74) is 7.85. The van der Waals surface area contributed by atoms with Crippen LogP contribution in [0.3, 0.4) is 0 Å². The quantitative estimate of drug-likeness (QED) is 0.580. The van der Waals surface area contributed by atoms with Crippen molar-refractivity contribution in [1.82, 2.24) is 4.90 Å². The summed E-state index contributed by atoms with van der Waals surface area (Å²) in [6.07, 6.45) is 1.02. The lowest BCUT2D eigenvalue weighted by atomic mass is 10.1. The SMILES string of the molecule is COCCCN(C)Cc1cc(OC)ccc1N. The first-order valence-electron chi connectivity index (χ1n) is 5.77. The summed E-state index contributed by atoms with van der Waals surface area (Å²) in [5.74, 6) is 0.847. The van der Waals surface area contributed by atoms with Gasteiger partial charge in [-0.2, -0.15) is 0 Å². The molecular weight excluding hydrogens is 216 g/mol. The number of ether oxygens (including phenoxy) is 2. The minimum Gasteiger partial charge on any atom is -0.497 e. The van der Waals surface area contributed by atoms with Crippen molar-refractivity contribution in [2.24, 2.45) is 0 Å². The standard InChI is InChI=1S/C13H22N2O2/c1-15(7-4-8-16-2)10-11-9-12(17-3)5-6-13(11)14/h5-6,9H,4,7-8,10,14H2,1-3H3. The molecule has 96 valence electrons. The molecule has 1 aromatic carbocycles. The fourth-order valence-electron chi connectivity index (χ4n) is 1.69. The van der Waals surface area contributed by atoms with Crippen molar-refractivity contribution in [2.75, 3.05) is 40.2 Å². The molecule has 4 heteroatoms. The number of benzene rings is 1. The highest BCUT2D eigenvalue weighted by atomic mass is 16.5. The molecule has 1 rings (SSSR count). The van der Waals surface area contributed by atoms with Crippen LogP contribution >= 0.6 is 0 Å². The molecule has 0 saturated carbocycles. The molecule has 0 heterocycles. The first kappa shape index (κ1) is 13.8. The second-order valence-electron chi connectivity index (χ2n) is 4.15. The van der Waals surface area contributed by atoms with E-state index in [-0.39, 0.29) is 0 Å². The lowest BCUT2D eigenvalue weighted by molar-refractivity contribution is 0.178. The predicted molar refractivity (Wildman–Crippen MR) is 70.2 cm³/mol. The van der Waals surface area contributed by atoms with E-state index >= 15 is 0 Å². The van der Waals surface area contributed by atoms with Gasteiger partial charge >= 0.3 is 0 Å². The Hall–Kier alpha value is -1.26. The number of methoxy groups -OCH3 is 2. The highest BCUT2D eigenvalue weighted by molar-refractivity contribution is 5.50. The Labute approximate surface area is 103 Å². The molecule has 0 saturated heterocycles. The van der Waals surface area contributed by atoms with Crippen LogP contribution in [0, 0.1) is 0 Å². The molecule has 1 aromatic rings. The highest BCUT2D eigenvalue weighted by Gasteiger charge is 2.05. The van der Waals surface area contributed by atoms with E-state index < -0.39 is 0 Å². The van der Waals surface area contributed by atoms with Gasteiger partial charge in [-0.05, 0) is 37.2 Å². The van der Waals surface area contributed by atoms with Gasteiger partial charge in [-0.15, -0.1) is 0 Å². The molecule has 0 spiro atoms. The van der Waals surface area contributed by atoms with Crippen molar-refractivity contribution in [3.8, 4) is 5.75 Å². The number of anilines is 1. The monoisotopic (exact) mass is 238 g/mol. The van der Waals surface area contributed by atoms with Crippen LogP contribution in [-0.4, -0.2) is 39.3 Å². The topological polar surface area (TPSA) is 47.7 Å². The molecule has 4 nitrogen and oxygen atoms in total. The summed E-state index contributed by atoms with van der Waals surface area (Å²) in [5, 5.41) is 0. The molecule has 0 aliphatic carbocycles. The van der Waals surface area contributed by atoms with Gasteiger partial charge in [0.1, 0.15) is 5.75 Å². The molecule has 0 aliphatic rings. The van der Waals surface area contributed by atoms with Gasteiger partial charge in [-0.3, -0.25) is 0 Å². The van der Waals surface area contributed by atoms with E-state index in [0.29, 0.717) is 0 Å². The first-order chi connectivity index (χ1) is 8.17. The lowest BCUT2D eigenvalue weighted by Crippen LogP contribution is -2.20. The number of nitrogens with zero attached hydrogens (tertiary/aromatic N) is 1. The summed E-state index contributed by atoms with van der Waals surface area (Å²) < 4.78 is 10.2. The van der Waals surface area contributed by atoms with Crippen LogP contribution in [0.2, 0.25) is 0 Å². The molecule has 0 bridgehead atoms. The second-order valence-corrected chi connectivity index (χ2v) is 4.15. The Morgan fingerprint density at radius 3 is 2.71 bits per heavy atom. The third-order valence-electron chi connectivity index (χ3n) is 2.68. The Morgan fingerprint density at radius 1 is 1.29 bits per heavy atom. The van der Waals surface area contributed by atoms with Crippen LogP contribution in [0.25, 0.3) is 0 Å². The van der Waals surface area contributed by atoms with Gasteiger partial charge in [0.15, 0.2) is 0 Å². The maximum atomic E-state index is 5.94. The zero-order valence-corrected chi connectivity index (χ0v) is 10.9. The highest BCUT2D eigenvalue weighted by Crippen LogP contribution is 2.20. The molecular formula is C13H22N2O2. The van der Waals surface area contributed by atoms with Crippen molar-refractivity contribution in [3.05, 3.63) is 23.8 Å². The van der Waals surface area contributed by atoms with Gasteiger partial charge in [0.05, 0.1) is 7.11 Å². The lowest BCUT2D eigenvalue weighted by Gasteiger charge is -2.18. The van der Waals surface area contributed by atoms with Gasteiger partial charge in [-0.1, -0.05) is 0 Å². The van der Waals surface area contributed by atoms with Crippen LogP contribution < -0.4 is 10.5 Å². The average Bonchev–Trinajstić information content (AvgIpc) is 2.32. The van der Waals surface area contributed by atoms with Crippen molar-refractivity contribution in [1.29, 1.82) is 0 Å².